The third-order valence-corrected chi connectivity index (χ3v) is 5.09. The summed E-state index contributed by atoms with van der Waals surface area (Å²) in [5.74, 6) is -0.0738. The summed E-state index contributed by atoms with van der Waals surface area (Å²) in [7, 11) is 3.25. The molecular formula is C19H27ClN4O3. The summed E-state index contributed by atoms with van der Waals surface area (Å²) >= 11 is 0. The molecule has 1 aliphatic heterocycles. The Morgan fingerprint density at radius 2 is 2.00 bits per heavy atom. The number of carbonyl (C=O) groups excluding carboxylic acids is 2. The maximum Gasteiger partial charge on any atom is 0.239 e. The van der Waals surface area contributed by atoms with Crippen molar-refractivity contribution < 1.29 is 14.3 Å². The molecule has 1 fully saturated rings. The van der Waals surface area contributed by atoms with E-state index in [1.54, 1.807) is 14.2 Å². The third kappa shape index (κ3) is 4.61. The van der Waals surface area contributed by atoms with Crippen molar-refractivity contribution in [3.63, 3.8) is 0 Å². The summed E-state index contributed by atoms with van der Waals surface area (Å²) in [6.45, 7) is 2.28. The van der Waals surface area contributed by atoms with E-state index in [0.717, 1.165) is 42.5 Å². The summed E-state index contributed by atoms with van der Waals surface area (Å²) in [5, 5.41) is 10.0. The molecule has 7 nitrogen and oxygen atoms in total. The minimum atomic E-state index is -0.501. The lowest BCUT2D eigenvalue weighted by Gasteiger charge is -2.35. The molecule has 27 heavy (non-hydrogen) atoms. The zero-order chi connectivity index (χ0) is 18.6. The highest BCUT2D eigenvalue weighted by atomic mass is 35.5. The average molecular weight is 395 g/mol. The van der Waals surface area contributed by atoms with Gasteiger partial charge in [0.2, 0.25) is 11.8 Å². The second-order valence-electron chi connectivity index (χ2n) is 6.81. The fourth-order valence-electron chi connectivity index (χ4n) is 3.52. The maximum absolute atomic E-state index is 13.0. The number of halogens is 1. The second-order valence-corrected chi connectivity index (χ2v) is 6.81. The number of amides is 2. The fourth-order valence-corrected chi connectivity index (χ4v) is 3.52. The first-order valence-electron chi connectivity index (χ1n) is 8.88. The number of piperidine rings is 1. The lowest BCUT2D eigenvalue weighted by atomic mass is 9.78. The lowest BCUT2D eigenvalue weighted by molar-refractivity contribution is -0.130. The summed E-state index contributed by atoms with van der Waals surface area (Å²) in [4.78, 5) is 24.7. The van der Waals surface area contributed by atoms with Crippen LogP contribution in [0.4, 0.5) is 5.69 Å². The third-order valence-electron chi connectivity index (χ3n) is 5.09. The molecule has 8 heteroatoms. The normalized spacial score (nSPS) is 15.8. The number of hydrogen-bond donors (Lipinski definition) is 3. The molecule has 0 atom stereocenters. The molecule has 3 rings (SSSR count). The van der Waals surface area contributed by atoms with Crippen LogP contribution in [-0.2, 0) is 20.9 Å². The van der Waals surface area contributed by atoms with Crippen molar-refractivity contribution in [2.45, 2.75) is 19.4 Å². The standard InChI is InChI=1S/C19H26N4O3.ClH/c1-20-17(24)12-23-10-5-14-3-4-15(11-16(14)23)22-18(25)19(13-26-2)6-8-21-9-7-19;/h3-5,10-11,21H,6-9,12-13H2,1-2H3,(H,20,24)(H,22,25);1H. The number of hydrogen-bond acceptors (Lipinski definition) is 4. The van der Waals surface area contributed by atoms with E-state index in [9.17, 15) is 9.59 Å². The highest BCUT2D eigenvalue weighted by Gasteiger charge is 2.39. The molecule has 0 aliphatic carbocycles. The second kappa shape index (κ2) is 9.21. The Balaban J connectivity index is 0.00000261. The zero-order valence-corrected chi connectivity index (χ0v) is 16.5. The van der Waals surface area contributed by atoms with E-state index in [-0.39, 0.29) is 30.8 Å². The van der Waals surface area contributed by atoms with E-state index >= 15 is 0 Å². The smallest absolute Gasteiger partial charge is 0.239 e. The van der Waals surface area contributed by atoms with E-state index in [1.807, 2.05) is 35.0 Å². The van der Waals surface area contributed by atoms with E-state index in [0.29, 0.717) is 6.61 Å². The van der Waals surface area contributed by atoms with Gasteiger partial charge < -0.3 is 25.3 Å². The molecule has 148 valence electrons. The molecule has 2 aromatic rings. The molecular weight excluding hydrogens is 368 g/mol. The first-order valence-corrected chi connectivity index (χ1v) is 8.88. The number of carbonyl (C=O) groups is 2. The van der Waals surface area contributed by atoms with Crippen molar-refractivity contribution in [1.82, 2.24) is 15.2 Å². The van der Waals surface area contributed by atoms with E-state index < -0.39 is 5.41 Å². The van der Waals surface area contributed by atoms with Gasteiger partial charge in [0.05, 0.1) is 17.5 Å². The predicted octanol–water partition coefficient (Wildman–Crippen LogP) is 1.76. The number of nitrogens with one attached hydrogen (secondary N) is 3. The Labute approximate surface area is 165 Å². The van der Waals surface area contributed by atoms with Crippen LogP contribution in [0.15, 0.2) is 30.5 Å². The number of anilines is 1. The van der Waals surface area contributed by atoms with E-state index in [2.05, 4.69) is 16.0 Å². The molecule has 1 aromatic carbocycles. The largest absolute Gasteiger partial charge is 0.384 e. The topological polar surface area (TPSA) is 84.4 Å². The first-order chi connectivity index (χ1) is 12.6. The molecule has 1 aliphatic rings. The molecule has 3 N–H and O–H groups in total. The quantitative estimate of drug-likeness (QED) is 0.697. The van der Waals surface area contributed by atoms with Crippen LogP contribution in [0.25, 0.3) is 10.9 Å². The van der Waals surface area contributed by atoms with Crippen LogP contribution in [0.2, 0.25) is 0 Å². The van der Waals surface area contributed by atoms with Gasteiger partial charge in [-0.2, -0.15) is 0 Å². The minimum absolute atomic E-state index is 0. The molecule has 0 radical (unpaired) electrons. The summed E-state index contributed by atoms with van der Waals surface area (Å²) in [6.07, 6.45) is 3.38. The molecule has 2 amide bonds. The van der Waals surface area contributed by atoms with Gasteiger partial charge in [-0.3, -0.25) is 9.59 Å². The van der Waals surface area contributed by atoms with Crippen molar-refractivity contribution in [3.8, 4) is 0 Å². The Morgan fingerprint density at radius 3 is 2.67 bits per heavy atom. The molecule has 2 heterocycles. The summed E-state index contributed by atoms with van der Waals surface area (Å²) < 4.78 is 7.21. The summed E-state index contributed by atoms with van der Waals surface area (Å²) in [5.41, 5.74) is 1.14. The number of methoxy groups -OCH3 is 1. The van der Waals surface area contributed by atoms with Crippen LogP contribution < -0.4 is 16.0 Å². The predicted molar refractivity (Wildman–Crippen MR) is 108 cm³/mol. The van der Waals surface area contributed by atoms with Crippen LogP contribution in [0, 0.1) is 5.41 Å². The number of rotatable bonds is 6. The Kier molecular flexibility index (Phi) is 7.24. The lowest BCUT2D eigenvalue weighted by Crippen LogP contribution is -2.47. The molecule has 0 unspecified atom stereocenters. The fraction of sp³-hybridized carbons (Fsp3) is 0.474. The molecule has 1 aromatic heterocycles. The van der Waals surface area contributed by atoms with Crippen LogP contribution in [0.1, 0.15) is 12.8 Å². The van der Waals surface area contributed by atoms with Gasteiger partial charge in [0.15, 0.2) is 0 Å². The highest BCUT2D eigenvalue weighted by molar-refractivity contribution is 5.97. The van der Waals surface area contributed by atoms with Gasteiger partial charge in [-0.25, -0.2) is 0 Å². The molecule has 0 spiro atoms. The van der Waals surface area contributed by atoms with Gasteiger partial charge in [0.1, 0.15) is 6.54 Å². The summed E-state index contributed by atoms with van der Waals surface area (Å²) in [6, 6.07) is 7.73. The van der Waals surface area contributed by atoms with Crippen molar-refractivity contribution in [3.05, 3.63) is 30.5 Å². The van der Waals surface area contributed by atoms with Crippen LogP contribution >= 0.6 is 12.4 Å². The first kappa shape index (κ1) is 21.2. The number of ether oxygens (including phenoxy) is 1. The monoisotopic (exact) mass is 394 g/mol. The van der Waals surface area contributed by atoms with Gasteiger partial charge >= 0.3 is 0 Å². The minimum Gasteiger partial charge on any atom is -0.384 e. The number of likely N-dealkylation sites (N-methyl/N-ethyl adjacent to an activating group) is 1. The maximum atomic E-state index is 13.0. The van der Waals surface area contributed by atoms with Crippen LogP contribution in [-0.4, -0.2) is 50.2 Å². The van der Waals surface area contributed by atoms with Crippen LogP contribution in [0.5, 0.6) is 0 Å². The number of nitrogens with zero attached hydrogens (tertiary/aromatic N) is 1. The number of benzene rings is 1. The number of aromatic nitrogens is 1. The molecule has 0 saturated carbocycles. The zero-order valence-electron chi connectivity index (χ0n) is 15.7. The number of fused-ring (bicyclic) bond motifs is 1. The van der Waals surface area contributed by atoms with Crippen molar-refractivity contribution in [2.24, 2.45) is 5.41 Å². The molecule has 1 saturated heterocycles. The molecule has 0 bridgehead atoms. The van der Waals surface area contributed by atoms with Crippen LogP contribution in [0.3, 0.4) is 0 Å². The van der Waals surface area contributed by atoms with E-state index in [1.165, 1.54) is 0 Å². The van der Waals surface area contributed by atoms with Gasteiger partial charge in [0, 0.05) is 26.0 Å². The Morgan fingerprint density at radius 1 is 1.26 bits per heavy atom. The van der Waals surface area contributed by atoms with Crippen molar-refractivity contribution >= 4 is 40.8 Å². The average Bonchev–Trinajstić information content (AvgIpc) is 3.04. The van der Waals surface area contributed by atoms with Crippen molar-refractivity contribution in [1.29, 1.82) is 0 Å². The Bertz CT molecular complexity index is 794. The van der Waals surface area contributed by atoms with Gasteiger partial charge in [-0.15, -0.1) is 12.4 Å². The van der Waals surface area contributed by atoms with Gasteiger partial charge in [-0.05, 0) is 49.5 Å². The Hall–Kier alpha value is -2.09. The van der Waals surface area contributed by atoms with Crippen molar-refractivity contribution in [2.75, 3.05) is 39.2 Å². The van der Waals surface area contributed by atoms with E-state index in [4.69, 9.17) is 4.74 Å². The SMILES string of the molecule is CNC(=O)Cn1ccc2ccc(NC(=O)C3(COC)CCNCC3)cc21.Cl. The van der Waals surface area contributed by atoms with Gasteiger partial charge in [0.25, 0.3) is 0 Å². The highest BCUT2D eigenvalue weighted by Crippen LogP contribution is 2.31. The van der Waals surface area contributed by atoms with Gasteiger partial charge in [-0.1, -0.05) is 6.07 Å².